The molecule has 1 aliphatic rings. The summed E-state index contributed by atoms with van der Waals surface area (Å²) in [6, 6.07) is 4.36. The first kappa shape index (κ1) is 18.2. The van der Waals surface area contributed by atoms with Crippen molar-refractivity contribution in [3.05, 3.63) is 71.6 Å². The molecule has 152 valence electrons. The predicted octanol–water partition coefficient (Wildman–Crippen LogP) is 1.89. The second kappa shape index (κ2) is 7.21. The summed E-state index contributed by atoms with van der Waals surface area (Å²) < 4.78 is 15.8. The van der Waals surface area contributed by atoms with E-state index in [1.807, 2.05) is 11.8 Å². The van der Waals surface area contributed by atoms with Gasteiger partial charge >= 0.3 is 0 Å². The largest absolute Gasteiger partial charge is 0.352 e. The molecule has 0 aromatic carbocycles. The number of nitrogens with zero attached hydrogens (tertiary/aromatic N) is 6. The van der Waals surface area contributed by atoms with Gasteiger partial charge in [-0.15, -0.1) is 0 Å². The molecule has 9 nitrogen and oxygen atoms in total. The number of H-pyrrole nitrogens is 1. The Labute approximate surface area is 171 Å². The van der Waals surface area contributed by atoms with Crippen molar-refractivity contribution in [2.75, 3.05) is 18.0 Å². The third kappa shape index (κ3) is 2.97. The van der Waals surface area contributed by atoms with Gasteiger partial charge in [-0.05, 0) is 25.1 Å². The summed E-state index contributed by atoms with van der Waals surface area (Å²) in [5.41, 5.74) is 3.24. The molecule has 5 heterocycles. The van der Waals surface area contributed by atoms with Gasteiger partial charge in [-0.3, -0.25) is 4.79 Å². The average molecular weight is 406 g/mol. The molecular formula is C20H19FN8O. The molecule has 0 aliphatic carbocycles. The van der Waals surface area contributed by atoms with Crippen molar-refractivity contribution in [2.45, 2.75) is 19.4 Å². The fourth-order valence-electron chi connectivity index (χ4n) is 3.77. The van der Waals surface area contributed by atoms with E-state index in [4.69, 9.17) is 0 Å². The molecule has 5 rings (SSSR count). The molecule has 0 radical (unpaired) electrons. The fourth-order valence-corrected chi connectivity index (χ4v) is 3.77. The van der Waals surface area contributed by atoms with E-state index in [0.29, 0.717) is 35.8 Å². The maximum Gasteiger partial charge on any atom is 0.254 e. The van der Waals surface area contributed by atoms with Crippen molar-refractivity contribution in [3.63, 3.8) is 0 Å². The Kier molecular flexibility index (Phi) is 4.38. The van der Waals surface area contributed by atoms with Gasteiger partial charge < -0.3 is 15.2 Å². The highest BCUT2D eigenvalue weighted by atomic mass is 19.1. The van der Waals surface area contributed by atoms with E-state index in [9.17, 15) is 9.18 Å². The number of carbonyl (C=O) groups excluding carboxylic acids is 1. The minimum atomic E-state index is -0.380. The van der Waals surface area contributed by atoms with Gasteiger partial charge in [0, 0.05) is 43.8 Å². The molecule has 0 unspecified atom stereocenters. The highest BCUT2D eigenvalue weighted by molar-refractivity contribution is 5.93. The van der Waals surface area contributed by atoms with Crippen LogP contribution in [0.4, 0.5) is 10.3 Å². The summed E-state index contributed by atoms with van der Waals surface area (Å²) in [6.07, 6.45) is 7.10. The molecule has 1 atom stereocenters. The van der Waals surface area contributed by atoms with Crippen molar-refractivity contribution < 1.29 is 9.18 Å². The van der Waals surface area contributed by atoms with E-state index in [1.165, 1.54) is 23.0 Å². The molecule has 4 aromatic rings. The lowest BCUT2D eigenvalue weighted by Crippen LogP contribution is -2.38. The highest BCUT2D eigenvalue weighted by Gasteiger charge is 2.34. The number of hydrogen-bond donors (Lipinski definition) is 2. The zero-order chi connectivity index (χ0) is 20.7. The second-order valence-electron chi connectivity index (χ2n) is 7.00. The van der Waals surface area contributed by atoms with Crippen LogP contribution in [0.2, 0.25) is 0 Å². The molecule has 1 amide bonds. The van der Waals surface area contributed by atoms with Gasteiger partial charge in [0.15, 0.2) is 0 Å². The van der Waals surface area contributed by atoms with Gasteiger partial charge in [0.05, 0.1) is 23.3 Å². The molecular weight excluding hydrogens is 387 g/mol. The lowest BCUT2D eigenvalue weighted by Gasteiger charge is -2.33. The van der Waals surface area contributed by atoms with Crippen LogP contribution < -0.4 is 10.2 Å². The summed E-state index contributed by atoms with van der Waals surface area (Å²) in [5.74, 6) is -0.104. The summed E-state index contributed by atoms with van der Waals surface area (Å²) in [5, 5.41) is 7.31. The van der Waals surface area contributed by atoms with Crippen LogP contribution in [-0.2, 0) is 6.42 Å². The van der Waals surface area contributed by atoms with E-state index in [1.54, 1.807) is 24.7 Å². The lowest BCUT2D eigenvalue weighted by molar-refractivity contribution is 0.0955. The third-order valence-electron chi connectivity index (χ3n) is 5.17. The molecule has 0 saturated carbocycles. The van der Waals surface area contributed by atoms with Crippen LogP contribution in [0.3, 0.4) is 0 Å². The fraction of sp³-hybridized carbons (Fsp3) is 0.250. The highest BCUT2D eigenvalue weighted by Crippen LogP contribution is 2.35. The normalized spacial score (nSPS) is 15.9. The SMILES string of the molecule is CCNC(=O)c1cnc(N2CCc3[nH]cnc3[C@H]2c2cc3c(F)cccn3n2)nc1. The van der Waals surface area contributed by atoms with E-state index >= 15 is 0 Å². The first-order valence-electron chi connectivity index (χ1n) is 9.68. The Morgan fingerprint density at radius 3 is 2.93 bits per heavy atom. The average Bonchev–Trinajstić information content (AvgIpc) is 3.41. The predicted molar refractivity (Wildman–Crippen MR) is 107 cm³/mol. The number of pyridine rings is 1. The van der Waals surface area contributed by atoms with Gasteiger partial charge in [-0.1, -0.05) is 0 Å². The number of carbonyl (C=O) groups is 1. The minimum absolute atomic E-state index is 0.218. The summed E-state index contributed by atoms with van der Waals surface area (Å²) in [7, 11) is 0. The molecule has 0 bridgehead atoms. The Hall–Kier alpha value is -3.82. The van der Waals surface area contributed by atoms with Crippen molar-refractivity contribution in [3.8, 4) is 0 Å². The number of amides is 1. The Morgan fingerprint density at radius 1 is 1.33 bits per heavy atom. The molecule has 30 heavy (non-hydrogen) atoms. The van der Waals surface area contributed by atoms with Gasteiger partial charge in [-0.25, -0.2) is 23.9 Å². The smallest absolute Gasteiger partial charge is 0.254 e. The second-order valence-corrected chi connectivity index (χ2v) is 7.00. The standard InChI is InChI=1S/C20H19FN8O/c1-2-22-19(30)12-9-23-20(24-10-12)28-7-5-14-17(26-11-25-14)18(28)15-8-16-13(21)4-3-6-29(16)27-15/h3-4,6,8-11,18H,2,5,7H2,1H3,(H,22,30)(H,25,26)/t18-/m1/s1. The van der Waals surface area contributed by atoms with Crippen LogP contribution in [-0.4, -0.2) is 48.5 Å². The minimum Gasteiger partial charge on any atom is -0.352 e. The molecule has 2 N–H and O–H groups in total. The number of hydrogen-bond acceptors (Lipinski definition) is 6. The van der Waals surface area contributed by atoms with Gasteiger partial charge in [-0.2, -0.15) is 5.10 Å². The number of imidazole rings is 1. The Bertz CT molecular complexity index is 1220. The number of fused-ring (bicyclic) bond motifs is 2. The van der Waals surface area contributed by atoms with E-state index in [0.717, 1.165) is 17.8 Å². The first-order chi connectivity index (χ1) is 14.7. The first-order valence-corrected chi connectivity index (χ1v) is 9.68. The lowest BCUT2D eigenvalue weighted by atomic mass is 10.00. The van der Waals surface area contributed by atoms with E-state index < -0.39 is 0 Å². The molecule has 0 fully saturated rings. The number of nitrogens with one attached hydrogen (secondary N) is 2. The molecule has 0 spiro atoms. The van der Waals surface area contributed by atoms with Crippen molar-refractivity contribution >= 4 is 17.4 Å². The van der Waals surface area contributed by atoms with Crippen molar-refractivity contribution in [1.29, 1.82) is 0 Å². The Balaban J connectivity index is 1.57. The van der Waals surface area contributed by atoms with Crippen LogP contribution in [0, 0.1) is 5.82 Å². The molecule has 10 heteroatoms. The van der Waals surface area contributed by atoms with Crippen LogP contribution in [0.1, 0.15) is 40.4 Å². The van der Waals surface area contributed by atoms with E-state index in [2.05, 4.69) is 30.4 Å². The maximum absolute atomic E-state index is 14.2. The summed E-state index contributed by atoms with van der Waals surface area (Å²) >= 11 is 0. The van der Waals surface area contributed by atoms with Crippen LogP contribution in [0.15, 0.2) is 43.1 Å². The number of rotatable bonds is 4. The maximum atomic E-state index is 14.2. The van der Waals surface area contributed by atoms with Crippen LogP contribution in [0.5, 0.6) is 0 Å². The molecule has 1 aliphatic heterocycles. The van der Waals surface area contributed by atoms with Crippen LogP contribution >= 0.6 is 0 Å². The van der Waals surface area contributed by atoms with Crippen molar-refractivity contribution in [2.24, 2.45) is 0 Å². The quantitative estimate of drug-likeness (QED) is 0.536. The zero-order valence-corrected chi connectivity index (χ0v) is 16.2. The summed E-state index contributed by atoms with van der Waals surface area (Å²) in [4.78, 5) is 30.5. The summed E-state index contributed by atoms with van der Waals surface area (Å²) in [6.45, 7) is 3.00. The van der Waals surface area contributed by atoms with Gasteiger partial charge in [0.25, 0.3) is 5.91 Å². The third-order valence-corrected chi connectivity index (χ3v) is 5.17. The van der Waals surface area contributed by atoms with Crippen LogP contribution in [0.25, 0.3) is 5.52 Å². The van der Waals surface area contributed by atoms with Crippen molar-refractivity contribution in [1.82, 2.24) is 34.9 Å². The topological polar surface area (TPSA) is 104 Å². The number of anilines is 1. The monoisotopic (exact) mass is 406 g/mol. The number of aromatic nitrogens is 6. The number of aromatic amines is 1. The molecule has 0 saturated heterocycles. The zero-order valence-electron chi connectivity index (χ0n) is 16.2. The van der Waals surface area contributed by atoms with Gasteiger partial charge in [0.1, 0.15) is 17.4 Å². The van der Waals surface area contributed by atoms with Gasteiger partial charge in [0.2, 0.25) is 5.95 Å². The number of halogens is 1. The molecule has 4 aromatic heterocycles. The Morgan fingerprint density at radius 2 is 2.17 bits per heavy atom. The van der Waals surface area contributed by atoms with E-state index in [-0.39, 0.29) is 17.8 Å².